The van der Waals surface area contributed by atoms with Crippen LogP contribution in [0.1, 0.15) is 32.3 Å². The van der Waals surface area contributed by atoms with Crippen molar-refractivity contribution < 1.29 is 17.9 Å². The highest BCUT2D eigenvalue weighted by atomic mass is 32.2. The maximum Gasteiger partial charge on any atom is 0.216 e. The van der Waals surface area contributed by atoms with Gasteiger partial charge in [-0.15, -0.1) is 0 Å². The van der Waals surface area contributed by atoms with Gasteiger partial charge in [-0.2, -0.15) is 4.31 Å². The predicted octanol–water partition coefficient (Wildman–Crippen LogP) is 1.75. The summed E-state index contributed by atoms with van der Waals surface area (Å²) in [4.78, 5) is 6.49. The first-order valence-electron chi connectivity index (χ1n) is 10.5. The van der Waals surface area contributed by atoms with Gasteiger partial charge in [0.25, 0.3) is 0 Å². The van der Waals surface area contributed by atoms with Crippen LogP contribution in [0.15, 0.2) is 29.3 Å². The molecule has 1 aliphatic heterocycles. The molecule has 0 saturated carbocycles. The number of hydrogen-bond acceptors (Lipinski definition) is 5. The molecule has 1 aliphatic rings. The zero-order valence-corrected chi connectivity index (χ0v) is 19.6. The molecule has 30 heavy (non-hydrogen) atoms. The summed E-state index contributed by atoms with van der Waals surface area (Å²) in [5.74, 6) is 1.92. The van der Waals surface area contributed by atoms with Crippen LogP contribution in [-0.4, -0.2) is 88.9 Å². The van der Waals surface area contributed by atoms with Crippen LogP contribution >= 0.6 is 0 Å². The van der Waals surface area contributed by atoms with Crippen molar-refractivity contribution in [1.82, 2.24) is 14.5 Å². The second kappa shape index (κ2) is 11.5. The summed E-state index contributed by atoms with van der Waals surface area (Å²) in [5, 5.41) is 3.42. The van der Waals surface area contributed by atoms with Gasteiger partial charge in [0.2, 0.25) is 10.0 Å². The molecular weight excluding hydrogens is 404 g/mol. The van der Waals surface area contributed by atoms with E-state index in [-0.39, 0.29) is 24.4 Å². The molecule has 1 saturated heterocycles. The van der Waals surface area contributed by atoms with Crippen molar-refractivity contribution in [3.8, 4) is 5.75 Å². The minimum absolute atomic E-state index is 0.0224. The van der Waals surface area contributed by atoms with E-state index in [9.17, 15) is 8.42 Å². The monoisotopic (exact) mass is 440 g/mol. The van der Waals surface area contributed by atoms with Gasteiger partial charge in [-0.05, 0) is 25.5 Å². The fraction of sp³-hybridized carbons (Fsp3) is 0.667. The van der Waals surface area contributed by atoms with Crippen molar-refractivity contribution in [2.45, 2.75) is 32.8 Å². The third-order valence-corrected chi connectivity index (χ3v) is 7.01. The summed E-state index contributed by atoms with van der Waals surface area (Å²) in [6.07, 6.45) is 0.0321. The van der Waals surface area contributed by atoms with E-state index in [1.54, 1.807) is 18.5 Å². The van der Waals surface area contributed by atoms with Crippen LogP contribution in [0.4, 0.5) is 0 Å². The quantitative estimate of drug-likeness (QED) is 0.465. The second-order valence-corrected chi connectivity index (χ2v) is 9.78. The Bertz CT molecular complexity index is 790. The van der Waals surface area contributed by atoms with Gasteiger partial charge in [-0.25, -0.2) is 8.42 Å². The molecule has 9 heteroatoms. The summed E-state index contributed by atoms with van der Waals surface area (Å²) in [6, 6.07) is 8.01. The number of ether oxygens (including phenoxy) is 2. The van der Waals surface area contributed by atoms with Gasteiger partial charge in [-0.3, -0.25) is 4.99 Å². The number of sulfonamides is 1. The Kier molecular flexibility index (Phi) is 9.38. The van der Waals surface area contributed by atoms with Gasteiger partial charge in [-0.1, -0.05) is 25.1 Å². The third kappa shape index (κ3) is 6.85. The van der Waals surface area contributed by atoms with Crippen molar-refractivity contribution in [1.29, 1.82) is 0 Å². The Morgan fingerprint density at radius 2 is 1.83 bits per heavy atom. The molecule has 1 heterocycles. The summed E-state index contributed by atoms with van der Waals surface area (Å²) < 4.78 is 37.4. The first kappa shape index (κ1) is 24.4. The number of methoxy groups -OCH3 is 1. The number of benzene rings is 1. The minimum Gasteiger partial charge on any atom is -0.496 e. The summed E-state index contributed by atoms with van der Waals surface area (Å²) >= 11 is 0. The topological polar surface area (TPSA) is 83.5 Å². The van der Waals surface area contributed by atoms with Gasteiger partial charge < -0.3 is 19.7 Å². The van der Waals surface area contributed by atoms with E-state index in [1.807, 2.05) is 32.0 Å². The van der Waals surface area contributed by atoms with E-state index in [1.165, 1.54) is 0 Å². The van der Waals surface area contributed by atoms with E-state index in [0.717, 1.165) is 17.3 Å². The number of para-hydroxylation sites is 1. The molecule has 170 valence electrons. The zero-order valence-electron chi connectivity index (χ0n) is 18.8. The van der Waals surface area contributed by atoms with E-state index in [2.05, 4.69) is 28.2 Å². The number of aliphatic imine (C=N–C) groups is 1. The second-order valence-electron chi connectivity index (χ2n) is 7.69. The van der Waals surface area contributed by atoms with Crippen LogP contribution in [0, 0.1) is 0 Å². The van der Waals surface area contributed by atoms with Crippen LogP contribution in [0.25, 0.3) is 0 Å². The average molecular weight is 441 g/mol. The van der Waals surface area contributed by atoms with Gasteiger partial charge in [0.15, 0.2) is 5.96 Å². The maximum absolute atomic E-state index is 12.5. The number of nitrogens with zero attached hydrogens (tertiary/aromatic N) is 3. The van der Waals surface area contributed by atoms with Crippen LogP contribution in [0.2, 0.25) is 0 Å². The van der Waals surface area contributed by atoms with Crippen molar-refractivity contribution >= 4 is 16.0 Å². The lowest BCUT2D eigenvalue weighted by molar-refractivity contribution is 0.0904. The molecule has 1 aromatic rings. The van der Waals surface area contributed by atoms with Gasteiger partial charge >= 0.3 is 0 Å². The van der Waals surface area contributed by atoms with Crippen LogP contribution in [0.3, 0.4) is 0 Å². The normalized spacial score (nSPS) is 17.3. The van der Waals surface area contributed by atoms with Crippen molar-refractivity contribution in [2.75, 3.05) is 59.2 Å². The standard InChI is InChI=1S/C21H36N4O4S/c1-17(2)29-14-15-30(26,27)25-12-10-24(11-13-25)21(22-4)23-16-18(3)19-8-6-7-9-20(19)28-5/h6-9,17-18H,10-16H2,1-5H3,(H,22,23). The maximum atomic E-state index is 12.5. The predicted molar refractivity (Wildman–Crippen MR) is 121 cm³/mol. The largest absolute Gasteiger partial charge is 0.496 e. The molecule has 0 bridgehead atoms. The number of guanidine groups is 1. The van der Waals surface area contributed by atoms with Crippen molar-refractivity contribution in [2.24, 2.45) is 4.99 Å². The molecule has 0 amide bonds. The Labute approximate surface area is 181 Å². The average Bonchev–Trinajstić information content (AvgIpc) is 2.74. The Morgan fingerprint density at radius 3 is 2.43 bits per heavy atom. The molecule has 1 fully saturated rings. The number of hydrogen-bond donors (Lipinski definition) is 1. The molecule has 0 aromatic heterocycles. The summed E-state index contributed by atoms with van der Waals surface area (Å²) in [7, 11) is 0.137. The lowest BCUT2D eigenvalue weighted by Gasteiger charge is -2.36. The lowest BCUT2D eigenvalue weighted by Crippen LogP contribution is -2.54. The van der Waals surface area contributed by atoms with Crippen molar-refractivity contribution in [3.63, 3.8) is 0 Å². The Morgan fingerprint density at radius 1 is 1.17 bits per heavy atom. The summed E-state index contributed by atoms with van der Waals surface area (Å²) in [6.45, 7) is 8.99. The number of piperazine rings is 1. The van der Waals surface area contributed by atoms with Crippen molar-refractivity contribution in [3.05, 3.63) is 29.8 Å². The zero-order chi connectivity index (χ0) is 22.1. The molecule has 1 aromatic carbocycles. The molecule has 0 aliphatic carbocycles. The highest BCUT2D eigenvalue weighted by Gasteiger charge is 2.28. The molecule has 1 unspecified atom stereocenters. The third-order valence-electron chi connectivity index (χ3n) is 5.17. The number of nitrogens with one attached hydrogen (secondary N) is 1. The molecular formula is C21H36N4O4S. The van der Waals surface area contributed by atoms with Crippen LogP contribution in [0.5, 0.6) is 5.75 Å². The highest BCUT2D eigenvalue weighted by molar-refractivity contribution is 7.89. The van der Waals surface area contributed by atoms with Crippen LogP contribution in [-0.2, 0) is 14.8 Å². The SMILES string of the molecule is CN=C(NCC(C)c1ccccc1OC)N1CCN(S(=O)(=O)CCOC(C)C)CC1. The van der Waals surface area contributed by atoms with E-state index >= 15 is 0 Å². The fourth-order valence-corrected chi connectivity index (χ4v) is 4.74. The molecule has 1 atom stereocenters. The molecule has 0 spiro atoms. The molecule has 8 nitrogen and oxygen atoms in total. The van der Waals surface area contributed by atoms with Gasteiger partial charge in [0.1, 0.15) is 5.75 Å². The van der Waals surface area contributed by atoms with E-state index < -0.39 is 10.0 Å². The first-order valence-corrected chi connectivity index (χ1v) is 12.1. The van der Waals surface area contributed by atoms with Crippen LogP contribution < -0.4 is 10.1 Å². The Hall–Kier alpha value is -1.84. The minimum atomic E-state index is -3.30. The molecule has 0 radical (unpaired) electrons. The van der Waals surface area contributed by atoms with E-state index in [4.69, 9.17) is 9.47 Å². The summed E-state index contributed by atoms with van der Waals surface area (Å²) in [5.41, 5.74) is 1.14. The smallest absolute Gasteiger partial charge is 0.216 e. The van der Waals surface area contributed by atoms with Gasteiger partial charge in [0.05, 0.1) is 25.6 Å². The fourth-order valence-electron chi connectivity index (χ4n) is 3.46. The molecule has 2 rings (SSSR count). The highest BCUT2D eigenvalue weighted by Crippen LogP contribution is 2.25. The number of rotatable bonds is 9. The lowest BCUT2D eigenvalue weighted by atomic mass is 10.0. The van der Waals surface area contributed by atoms with E-state index in [0.29, 0.717) is 32.7 Å². The Balaban J connectivity index is 1.86. The molecule has 1 N–H and O–H groups in total. The first-order chi connectivity index (χ1) is 14.3. The van der Waals surface area contributed by atoms with Gasteiger partial charge in [0, 0.05) is 45.7 Å².